The van der Waals surface area contributed by atoms with Crippen molar-refractivity contribution in [1.82, 2.24) is 4.72 Å². The molecule has 0 atom stereocenters. The Morgan fingerprint density at radius 1 is 1.50 bits per heavy atom. The van der Waals surface area contributed by atoms with Crippen molar-refractivity contribution in [3.8, 4) is 0 Å². The van der Waals surface area contributed by atoms with Gasteiger partial charge in [-0.1, -0.05) is 11.6 Å². The van der Waals surface area contributed by atoms with Crippen LogP contribution in [0.4, 0.5) is 0 Å². The summed E-state index contributed by atoms with van der Waals surface area (Å²) in [5, 5.41) is 0. The molecule has 80 valence electrons. The zero-order valence-corrected chi connectivity index (χ0v) is 9.75. The Labute approximate surface area is 92.1 Å². The predicted octanol–water partition coefficient (Wildman–Crippen LogP) is 1.03. The first-order valence-electron chi connectivity index (χ1n) is 4.01. The highest BCUT2D eigenvalue weighted by atomic mass is 35.5. The maximum Gasteiger partial charge on any atom is 0.250 e. The molecule has 7 heteroatoms. The molecule has 1 aromatic heterocycles. The minimum Gasteiger partial charge on any atom is -0.330 e. The number of sulfonamides is 1. The summed E-state index contributed by atoms with van der Waals surface area (Å²) in [5.74, 6) is 0. The van der Waals surface area contributed by atoms with E-state index in [-0.39, 0.29) is 4.21 Å². The number of rotatable bonds is 5. The number of halogens is 1. The normalized spacial score (nSPS) is 11.9. The number of hydrogen-bond donors (Lipinski definition) is 2. The Hall–Kier alpha value is -0.140. The molecule has 1 rings (SSSR count). The molecule has 0 saturated carbocycles. The van der Waals surface area contributed by atoms with E-state index in [0.29, 0.717) is 23.8 Å². The molecule has 0 aliphatic carbocycles. The molecule has 0 amide bonds. The van der Waals surface area contributed by atoms with Gasteiger partial charge in [0.05, 0.1) is 4.34 Å². The Morgan fingerprint density at radius 3 is 2.71 bits per heavy atom. The van der Waals surface area contributed by atoms with Crippen molar-refractivity contribution in [1.29, 1.82) is 0 Å². The van der Waals surface area contributed by atoms with Crippen LogP contribution in [-0.4, -0.2) is 21.5 Å². The first-order chi connectivity index (χ1) is 6.56. The molecule has 0 aromatic carbocycles. The Bertz CT molecular complexity index is 388. The molecule has 0 radical (unpaired) electrons. The molecule has 0 saturated heterocycles. The summed E-state index contributed by atoms with van der Waals surface area (Å²) in [5.41, 5.74) is 5.25. The van der Waals surface area contributed by atoms with Crippen molar-refractivity contribution < 1.29 is 8.42 Å². The summed E-state index contributed by atoms with van der Waals surface area (Å²) >= 11 is 6.67. The minimum atomic E-state index is -3.38. The van der Waals surface area contributed by atoms with E-state index in [2.05, 4.69) is 4.72 Å². The van der Waals surface area contributed by atoms with Crippen molar-refractivity contribution in [3.63, 3.8) is 0 Å². The van der Waals surface area contributed by atoms with Crippen molar-refractivity contribution >= 4 is 33.0 Å². The standard InChI is InChI=1S/C7H11ClN2O2S2/c8-6-2-3-7(13-6)14(11,12)10-5-1-4-9/h2-3,10H,1,4-5,9H2. The summed E-state index contributed by atoms with van der Waals surface area (Å²) < 4.78 is 26.2. The maximum atomic E-state index is 11.5. The lowest BCUT2D eigenvalue weighted by atomic mass is 10.4. The quantitative estimate of drug-likeness (QED) is 0.771. The average molecular weight is 255 g/mol. The van der Waals surface area contributed by atoms with Crippen LogP contribution in [0.15, 0.2) is 16.3 Å². The third-order valence-corrected chi connectivity index (χ3v) is 4.67. The third kappa shape index (κ3) is 3.21. The van der Waals surface area contributed by atoms with Crippen LogP contribution >= 0.6 is 22.9 Å². The molecule has 0 bridgehead atoms. The summed E-state index contributed by atoms with van der Waals surface area (Å²) in [6, 6.07) is 3.04. The van der Waals surface area contributed by atoms with E-state index in [0.717, 1.165) is 11.3 Å². The molecule has 3 N–H and O–H groups in total. The van der Waals surface area contributed by atoms with Crippen molar-refractivity contribution in [2.75, 3.05) is 13.1 Å². The highest BCUT2D eigenvalue weighted by Gasteiger charge is 2.15. The lowest BCUT2D eigenvalue weighted by Gasteiger charge is -2.02. The zero-order valence-electron chi connectivity index (χ0n) is 7.36. The molecule has 4 nitrogen and oxygen atoms in total. The number of thiophene rings is 1. The van der Waals surface area contributed by atoms with Gasteiger partial charge in [-0.05, 0) is 25.1 Å². The van der Waals surface area contributed by atoms with Gasteiger partial charge in [0.1, 0.15) is 4.21 Å². The number of hydrogen-bond acceptors (Lipinski definition) is 4. The SMILES string of the molecule is NCCCNS(=O)(=O)c1ccc(Cl)s1. The van der Waals surface area contributed by atoms with Gasteiger partial charge in [-0.2, -0.15) is 0 Å². The topological polar surface area (TPSA) is 72.2 Å². The summed E-state index contributed by atoms with van der Waals surface area (Å²) in [6.45, 7) is 0.821. The van der Waals surface area contributed by atoms with Gasteiger partial charge in [0.2, 0.25) is 10.0 Å². The predicted molar refractivity (Wildman–Crippen MR) is 58.2 cm³/mol. The van der Waals surface area contributed by atoms with Crippen molar-refractivity contribution in [2.24, 2.45) is 5.73 Å². The number of nitrogens with one attached hydrogen (secondary N) is 1. The molecular formula is C7H11ClN2O2S2. The first kappa shape index (κ1) is 11.9. The van der Waals surface area contributed by atoms with Gasteiger partial charge in [0.15, 0.2) is 0 Å². The van der Waals surface area contributed by atoms with Crippen LogP contribution in [0.2, 0.25) is 4.34 Å². The summed E-state index contributed by atoms with van der Waals surface area (Å²) in [7, 11) is -3.38. The molecule has 0 fully saturated rings. The van der Waals surface area contributed by atoms with Gasteiger partial charge in [0, 0.05) is 6.54 Å². The van der Waals surface area contributed by atoms with E-state index in [1.165, 1.54) is 6.07 Å². The second-order valence-electron chi connectivity index (χ2n) is 2.60. The van der Waals surface area contributed by atoms with E-state index in [4.69, 9.17) is 17.3 Å². The monoisotopic (exact) mass is 254 g/mol. The average Bonchev–Trinajstić information content (AvgIpc) is 2.53. The third-order valence-electron chi connectivity index (χ3n) is 1.49. The molecule has 1 heterocycles. The highest BCUT2D eigenvalue weighted by Crippen LogP contribution is 2.25. The van der Waals surface area contributed by atoms with Crippen LogP contribution in [-0.2, 0) is 10.0 Å². The smallest absolute Gasteiger partial charge is 0.250 e. The summed E-state index contributed by atoms with van der Waals surface area (Å²) in [6.07, 6.45) is 0.623. The Balaban J connectivity index is 2.66. The van der Waals surface area contributed by atoms with Gasteiger partial charge < -0.3 is 5.73 Å². The molecular weight excluding hydrogens is 244 g/mol. The molecule has 0 spiro atoms. The van der Waals surface area contributed by atoms with Gasteiger partial charge in [-0.15, -0.1) is 11.3 Å². The van der Waals surface area contributed by atoms with Gasteiger partial charge in [-0.25, -0.2) is 13.1 Å². The fourth-order valence-electron chi connectivity index (χ4n) is 0.822. The van der Waals surface area contributed by atoms with E-state index >= 15 is 0 Å². The van der Waals surface area contributed by atoms with Crippen LogP contribution in [0.1, 0.15) is 6.42 Å². The first-order valence-corrected chi connectivity index (χ1v) is 6.69. The summed E-state index contributed by atoms with van der Waals surface area (Å²) in [4.78, 5) is 0. The molecule has 0 aliphatic rings. The molecule has 0 unspecified atom stereocenters. The largest absolute Gasteiger partial charge is 0.330 e. The van der Waals surface area contributed by atoms with E-state index < -0.39 is 10.0 Å². The molecule has 14 heavy (non-hydrogen) atoms. The van der Waals surface area contributed by atoms with Crippen LogP contribution in [0.25, 0.3) is 0 Å². The Kier molecular flexibility index (Phi) is 4.33. The zero-order chi connectivity index (χ0) is 10.6. The molecule has 1 aromatic rings. The van der Waals surface area contributed by atoms with Crippen LogP contribution in [0.5, 0.6) is 0 Å². The van der Waals surface area contributed by atoms with Gasteiger partial charge >= 0.3 is 0 Å². The van der Waals surface area contributed by atoms with E-state index in [1.807, 2.05) is 0 Å². The van der Waals surface area contributed by atoms with E-state index in [1.54, 1.807) is 6.07 Å². The van der Waals surface area contributed by atoms with Crippen LogP contribution < -0.4 is 10.5 Å². The maximum absolute atomic E-state index is 11.5. The van der Waals surface area contributed by atoms with Crippen LogP contribution in [0.3, 0.4) is 0 Å². The van der Waals surface area contributed by atoms with Gasteiger partial charge in [0.25, 0.3) is 0 Å². The lowest BCUT2D eigenvalue weighted by Crippen LogP contribution is -2.25. The van der Waals surface area contributed by atoms with Crippen molar-refractivity contribution in [3.05, 3.63) is 16.5 Å². The van der Waals surface area contributed by atoms with Crippen LogP contribution in [0, 0.1) is 0 Å². The van der Waals surface area contributed by atoms with Gasteiger partial charge in [-0.3, -0.25) is 0 Å². The molecule has 0 aliphatic heterocycles. The fourth-order valence-corrected chi connectivity index (χ4v) is 3.42. The fraction of sp³-hybridized carbons (Fsp3) is 0.429. The number of nitrogens with two attached hydrogens (primary N) is 1. The highest BCUT2D eigenvalue weighted by molar-refractivity contribution is 7.91. The van der Waals surface area contributed by atoms with Crippen molar-refractivity contribution in [2.45, 2.75) is 10.6 Å². The van der Waals surface area contributed by atoms with E-state index in [9.17, 15) is 8.42 Å². The second kappa shape index (κ2) is 5.09. The Morgan fingerprint density at radius 2 is 2.21 bits per heavy atom. The minimum absolute atomic E-state index is 0.236. The lowest BCUT2D eigenvalue weighted by molar-refractivity contribution is 0.581. The second-order valence-corrected chi connectivity index (χ2v) is 6.31.